The fraction of sp³-hybridized carbons (Fsp3) is 0.333. The van der Waals surface area contributed by atoms with E-state index < -0.39 is 5.60 Å². The van der Waals surface area contributed by atoms with Crippen LogP contribution in [-0.4, -0.2) is 16.7 Å². The quantitative estimate of drug-likeness (QED) is 0.904. The molecule has 0 spiro atoms. The van der Waals surface area contributed by atoms with E-state index in [1.807, 2.05) is 19.1 Å². The highest BCUT2D eigenvalue weighted by atomic mass is 19.1. The van der Waals surface area contributed by atoms with Gasteiger partial charge in [-0.25, -0.2) is 4.39 Å². The van der Waals surface area contributed by atoms with Crippen molar-refractivity contribution in [3.63, 3.8) is 0 Å². The third-order valence-electron chi connectivity index (χ3n) is 4.28. The molecule has 0 amide bonds. The first kappa shape index (κ1) is 14.1. The van der Waals surface area contributed by atoms with Gasteiger partial charge >= 0.3 is 0 Å². The van der Waals surface area contributed by atoms with E-state index in [2.05, 4.69) is 17.4 Å². The van der Waals surface area contributed by atoms with Crippen molar-refractivity contribution in [3.05, 3.63) is 65.5 Å². The molecule has 1 heterocycles. The van der Waals surface area contributed by atoms with Crippen molar-refractivity contribution in [1.29, 1.82) is 0 Å². The molecule has 2 nitrogen and oxygen atoms in total. The number of hydrogen-bond donors (Lipinski definition) is 2. The molecule has 1 aliphatic rings. The zero-order valence-corrected chi connectivity index (χ0v) is 12.1. The number of nitrogens with one attached hydrogen (secondary N) is 1. The van der Waals surface area contributed by atoms with Gasteiger partial charge in [0.1, 0.15) is 5.82 Å². The van der Waals surface area contributed by atoms with Gasteiger partial charge < -0.3 is 10.4 Å². The van der Waals surface area contributed by atoms with E-state index >= 15 is 0 Å². The normalized spacial score (nSPS) is 20.2. The van der Waals surface area contributed by atoms with Gasteiger partial charge in [-0.2, -0.15) is 0 Å². The maximum Gasteiger partial charge on any atom is 0.123 e. The molecule has 0 aromatic heterocycles. The van der Waals surface area contributed by atoms with Crippen LogP contribution < -0.4 is 5.32 Å². The monoisotopic (exact) mass is 285 g/mol. The highest BCUT2D eigenvalue weighted by molar-refractivity contribution is 5.54. The molecule has 2 N–H and O–H groups in total. The predicted octanol–water partition coefficient (Wildman–Crippen LogP) is 3.55. The molecule has 0 bridgehead atoms. The van der Waals surface area contributed by atoms with Gasteiger partial charge in [0.2, 0.25) is 0 Å². The van der Waals surface area contributed by atoms with Crippen LogP contribution in [0.25, 0.3) is 0 Å². The van der Waals surface area contributed by atoms with E-state index in [0.29, 0.717) is 6.42 Å². The Balaban J connectivity index is 1.75. The molecule has 3 rings (SSSR count). The van der Waals surface area contributed by atoms with Gasteiger partial charge in [0.15, 0.2) is 0 Å². The number of benzene rings is 2. The predicted molar refractivity (Wildman–Crippen MR) is 82.9 cm³/mol. The number of para-hydroxylation sites is 1. The number of aliphatic hydroxyl groups is 1. The molecule has 0 fully saturated rings. The molecule has 2 aromatic rings. The van der Waals surface area contributed by atoms with Crippen LogP contribution in [0.2, 0.25) is 0 Å². The lowest BCUT2D eigenvalue weighted by atomic mass is 9.83. The van der Waals surface area contributed by atoms with Crippen LogP contribution in [0.4, 0.5) is 10.1 Å². The fourth-order valence-corrected chi connectivity index (χ4v) is 3.04. The molecule has 0 saturated heterocycles. The summed E-state index contributed by atoms with van der Waals surface area (Å²) in [4.78, 5) is 0. The van der Waals surface area contributed by atoms with Crippen molar-refractivity contribution >= 4 is 5.69 Å². The maximum absolute atomic E-state index is 13.0. The molecule has 0 saturated carbocycles. The minimum absolute atomic E-state index is 0.00236. The molecule has 3 heteroatoms. The number of halogens is 1. The molecule has 1 aliphatic heterocycles. The fourth-order valence-electron chi connectivity index (χ4n) is 3.04. The zero-order chi connectivity index (χ0) is 14.9. The summed E-state index contributed by atoms with van der Waals surface area (Å²) in [6.45, 7) is 1.85. The van der Waals surface area contributed by atoms with Gasteiger partial charge in [0.25, 0.3) is 0 Å². The van der Waals surface area contributed by atoms with Crippen LogP contribution in [0, 0.1) is 5.82 Å². The number of fused-ring (bicyclic) bond motifs is 1. The molecule has 2 atom stereocenters. The van der Waals surface area contributed by atoms with E-state index in [9.17, 15) is 9.50 Å². The smallest absolute Gasteiger partial charge is 0.123 e. The third-order valence-corrected chi connectivity index (χ3v) is 4.28. The van der Waals surface area contributed by atoms with Gasteiger partial charge in [-0.15, -0.1) is 0 Å². The van der Waals surface area contributed by atoms with Crippen LogP contribution in [0.15, 0.2) is 48.5 Å². The second-order valence-electron chi connectivity index (χ2n) is 6.05. The Hall–Kier alpha value is -1.87. The van der Waals surface area contributed by atoms with Crippen molar-refractivity contribution in [3.8, 4) is 0 Å². The van der Waals surface area contributed by atoms with Gasteiger partial charge in [0.05, 0.1) is 11.6 Å². The summed E-state index contributed by atoms with van der Waals surface area (Å²) >= 11 is 0. The van der Waals surface area contributed by atoms with Crippen molar-refractivity contribution in [2.24, 2.45) is 0 Å². The van der Waals surface area contributed by atoms with Gasteiger partial charge in [-0.1, -0.05) is 30.3 Å². The maximum atomic E-state index is 13.0. The second-order valence-corrected chi connectivity index (χ2v) is 6.05. The van der Waals surface area contributed by atoms with Crippen LogP contribution in [0.5, 0.6) is 0 Å². The molecule has 21 heavy (non-hydrogen) atoms. The Labute approximate surface area is 124 Å². The van der Waals surface area contributed by atoms with E-state index in [-0.39, 0.29) is 11.9 Å². The summed E-state index contributed by atoms with van der Waals surface area (Å²) in [6, 6.07) is 14.6. The summed E-state index contributed by atoms with van der Waals surface area (Å²) in [7, 11) is 0. The van der Waals surface area contributed by atoms with Crippen LogP contribution in [-0.2, 0) is 12.8 Å². The SMILES string of the molecule is CC(O)(Cc1ccc(F)cc1)C1CCc2ccccc2N1. The summed E-state index contributed by atoms with van der Waals surface area (Å²) in [5.41, 5.74) is 2.48. The van der Waals surface area contributed by atoms with Gasteiger partial charge in [-0.05, 0) is 49.1 Å². The number of anilines is 1. The average molecular weight is 285 g/mol. The van der Waals surface area contributed by atoms with Crippen molar-refractivity contribution in [2.75, 3.05) is 5.32 Å². The van der Waals surface area contributed by atoms with E-state index in [1.54, 1.807) is 12.1 Å². The first-order valence-corrected chi connectivity index (χ1v) is 7.36. The summed E-state index contributed by atoms with van der Waals surface area (Å²) in [6.07, 6.45) is 2.37. The molecule has 110 valence electrons. The molecule has 0 aliphatic carbocycles. The third kappa shape index (κ3) is 3.08. The highest BCUT2D eigenvalue weighted by Crippen LogP contribution is 2.30. The lowest BCUT2D eigenvalue weighted by Crippen LogP contribution is -2.48. The minimum atomic E-state index is -0.870. The summed E-state index contributed by atoms with van der Waals surface area (Å²) in [5, 5.41) is 14.3. The number of aryl methyl sites for hydroxylation is 1. The topological polar surface area (TPSA) is 32.3 Å². The summed E-state index contributed by atoms with van der Waals surface area (Å²) < 4.78 is 13.0. The first-order chi connectivity index (χ1) is 10.0. The standard InChI is InChI=1S/C18H20FNO/c1-18(21,12-13-6-9-15(19)10-7-13)17-11-8-14-4-2-3-5-16(14)20-17/h2-7,9-10,17,20-21H,8,11-12H2,1H3. The number of hydrogen-bond acceptors (Lipinski definition) is 2. The lowest BCUT2D eigenvalue weighted by Gasteiger charge is -2.38. The molecular formula is C18H20FNO. The number of rotatable bonds is 3. The highest BCUT2D eigenvalue weighted by Gasteiger charge is 2.34. The Kier molecular flexibility index (Phi) is 3.68. The van der Waals surface area contributed by atoms with E-state index in [1.165, 1.54) is 17.7 Å². The molecule has 2 aromatic carbocycles. The molecular weight excluding hydrogens is 265 g/mol. The molecule has 2 unspecified atom stereocenters. The largest absolute Gasteiger partial charge is 0.388 e. The Morgan fingerprint density at radius 3 is 2.67 bits per heavy atom. The lowest BCUT2D eigenvalue weighted by molar-refractivity contribution is 0.0363. The first-order valence-electron chi connectivity index (χ1n) is 7.36. The van der Waals surface area contributed by atoms with E-state index in [0.717, 1.165) is 24.1 Å². The Morgan fingerprint density at radius 1 is 1.19 bits per heavy atom. The van der Waals surface area contributed by atoms with Crippen molar-refractivity contribution in [1.82, 2.24) is 0 Å². The van der Waals surface area contributed by atoms with Crippen molar-refractivity contribution < 1.29 is 9.50 Å². The Bertz CT molecular complexity index is 621. The summed E-state index contributed by atoms with van der Waals surface area (Å²) in [5.74, 6) is -0.247. The van der Waals surface area contributed by atoms with Crippen LogP contribution in [0.3, 0.4) is 0 Å². The minimum Gasteiger partial charge on any atom is -0.388 e. The second kappa shape index (κ2) is 5.49. The van der Waals surface area contributed by atoms with Crippen LogP contribution >= 0.6 is 0 Å². The van der Waals surface area contributed by atoms with E-state index in [4.69, 9.17) is 0 Å². The van der Waals surface area contributed by atoms with Crippen molar-refractivity contribution in [2.45, 2.75) is 37.8 Å². The van der Waals surface area contributed by atoms with Gasteiger partial charge in [-0.3, -0.25) is 0 Å². The van der Waals surface area contributed by atoms with Crippen LogP contribution in [0.1, 0.15) is 24.5 Å². The molecule has 0 radical (unpaired) electrons. The zero-order valence-electron chi connectivity index (χ0n) is 12.1. The Morgan fingerprint density at radius 2 is 1.90 bits per heavy atom. The average Bonchev–Trinajstić information content (AvgIpc) is 2.49. The van der Waals surface area contributed by atoms with Gasteiger partial charge in [0, 0.05) is 12.1 Å².